The number of hydrogen-bond donors (Lipinski definition) is 1. The van der Waals surface area contributed by atoms with Crippen LogP contribution < -0.4 is 10.1 Å². The average molecular weight is 235 g/mol. The van der Waals surface area contributed by atoms with Gasteiger partial charge in [-0.15, -0.1) is 0 Å². The fraction of sp³-hybridized carbons (Fsp3) is 0.500. The van der Waals surface area contributed by atoms with E-state index in [0.717, 1.165) is 11.3 Å². The summed E-state index contributed by atoms with van der Waals surface area (Å²) in [6, 6.07) is 7.86. The van der Waals surface area contributed by atoms with E-state index in [2.05, 4.69) is 19.2 Å². The van der Waals surface area contributed by atoms with E-state index in [0.29, 0.717) is 12.5 Å². The largest absolute Gasteiger partial charge is 0.493 e. The molecule has 0 fully saturated rings. The van der Waals surface area contributed by atoms with Gasteiger partial charge in [-0.05, 0) is 30.5 Å². The van der Waals surface area contributed by atoms with Gasteiger partial charge >= 0.3 is 0 Å². The summed E-state index contributed by atoms with van der Waals surface area (Å²) < 4.78 is 5.65. The van der Waals surface area contributed by atoms with Crippen LogP contribution in [0.3, 0.4) is 0 Å². The third-order valence-electron chi connectivity index (χ3n) is 2.36. The van der Waals surface area contributed by atoms with Crippen molar-refractivity contribution >= 4 is 5.91 Å². The van der Waals surface area contributed by atoms with Crippen LogP contribution in [0.5, 0.6) is 5.75 Å². The third kappa shape index (κ3) is 4.89. The number of carbonyl (C=O) groups is 1. The molecule has 0 aliphatic rings. The number of amides is 1. The molecule has 0 heterocycles. The Balaban J connectivity index is 2.67. The Morgan fingerprint density at radius 2 is 2.06 bits per heavy atom. The maximum atomic E-state index is 11.0. The number of carbonyl (C=O) groups excluding carboxylic acids is 1. The van der Waals surface area contributed by atoms with Crippen molar-refractivity contribution in [2.24, 2.45) is 5.92 Å². The van der Waals surface area contributed by atoms with Crippen molar-refractivity contribution < 1.29 is 9.53 Å². The van der Waals surface area contributed by atoms with Crippen LogP contribution in [0.15, 0.2) is 24.3 Å². The maximum Gasteiger partial charge on any atom is 0.217 e. The molecule has 0 spiro atoms. The van der Waals surface area contributed by atoms with E-state index < -0.39 is 0 Å². The molecule has 1 N–H and O–H groups in total. The molecular weight excluding hydrogens is 214 g/mol. The molecule has 0 aliphatic carbocycles. The molecule has 94 valence electrons. The zero-order chi connectivity index (χ0) is 12.8. The first kappa shape index (κ1) is 13.6. The highest BCUT2D eigenvalue weighted by Gasteiger charge is 2.07. The van der Waals surface area contributed by atoms with Crippen LogP contribution in [0.1, 0.15) is 39.3 Å². The Bertz CT molecular complexity index is 374. The lowest BCUT2D eigenvalue weighted by Gasteiger charge is -2.15. The van der Waals surface area contributed by atoms with Gasteiger partial charge in [0.15, 0.2) is 0 Å². The van der Waals surface area contributed by atoms with Gasteiger partial charge in [-0.25, -0.2) is 0 Å². The van der Waals surface area contributed by atoms with Gasteiger partial charge in [0.25, 0.3) is 0 Å². The summed E-state index contributed by atoms with van der Waals surface area (Å²) in [5.74, 6) is 1.34. The van der Waals surface area contributed by atoms with E-state index in [9.17, 15) is 4.79 Å². The summed E-state index contributed by atoms with van der Waals surface area (Å²) >= 11 is 0. The number of ether oxygens (including phenoxy) is 1. The summed E-state index contributed by atoms with van der Waals surface area (Å²) in [6.45, 7) is 8.42. The van der Waals surface area contributed by atoms with Crippen LogP contribution in [0.4, 0.5) is 0 Å². The van der Waals surface area contributed by atoms with Crippen molar-refractivity contribution in [1.29, 1.82) is 0 Å². The van der Waals surface area contributed by atoms with Gasteiger partial charge < -0.3 is 10.1 Å². The molecule has 1 aromatic rings. The predicted octanol–water partition coefficient (Wildman–Crippen LogP) is 2.92. The summed E-state index contributed by atoms with van der Waals surface area (Å²) in [7, 11) is 0. The van der Waals surface area contributed by atoms with Gasteiger partial charge in [-0.1, -0.05) is 26.0 Å². The predicted molar refractivity (Wildman–Crippen MR) is 69.0 cm³/mol. The molecule has 0 saturated heterocycles. The summed E-state index contributed by atoms with van der Waals surface area (Å²) in [5, 5.41) is 2.86. The van der Waals surface area contributed by atoms with E-state index in [-0.39, 0.29) is 11.9 Å². The Morgan fingerprint density at radius 1 is 1.35 bits per heavy atom. The normalized spacial score (nSPS) is 12.3. The van der Waals surface area contributed by atoms with Crippen LogP contribution in [0.25, 0.3) is 0 Å². The van der Waals surface area contributed by atoms with Gasteiger partial charge in [-0.2, -0.15) is 0 Å². The summed E-state index contributed by atoms with van der Waals surface area (Å²) in [4.78, 5) is 11.0. The molecule has 1 atom stereocenters. The van der Waals surface area contributed by atoms with Crippen molar-refractivity contribution in [2.45, 2.75) is 33.7 Å². The van der Waals surface area contributed by atoms with Crippen molar-refractivity contribution in [3.8, 4) is 5.75 Å². The second kappa shape index (κ2) is 6.28. The van der Waals surface area contributed by atoms with Crippen molar-refractivity contribution in [2.75, 3.05) is 6.61 Å². The molecule has 3 nitrogen and oxygen atoms in total. The zero-order valence-corrected chi connectivity index (χ0v) is 11.0. The van der Waals surface area contributed by atoms with E-state index in [4.69, 9.17) is 4.74 Å². The lowest BCUT2D eigenvalue weighted by Crippen LogP contribution is -2.23. The quantitative estimate of drug-likeness (QED) is 0.852. The second-order valence-corrected chi connectivity index (χ2v) is 4.70. The number of nitrogens with one attached hydrogen (secondary N) is 1. The molecule has 0 bridgehead atoms. The van der Waals surface area contributed by atoms with Crippen molar-refractivity contribution in [3.05, 3.63) is 29.8 Å². The molecule has 0 saturated carbocycles. The van der Waals surface area contributed by atoms with Crippen LogP contribution >= 0.6 is 0 Å². The highest BCUT2D eigenvalue weighted by Crippen LogP contribution is 2.19. The number of hydrogen-bond acceptors (Lipinski definition) is 2. The SMILES string of the molecule is CC(=O)NC(C)c1cccc(OCC(C)C)c1. The number of benzene rings is 1. The third-order valence-corrected chi connectivity index (χ3v) is 2.36. The van der Waals surface area contributed by atoms with Gasteiger partial charge in [0, 0.05) is 6.92 Å². The minimum atomic E-state index is -0.0222. The van der Waals surface area contributed by atoms with E-state index in [1.807, 2.05) is 31.2 Å². The minimum absolute atomic E-state index is 0.00935. The lowest BCUT2D eigenvalue weighted by molar-refractivity contribution is -0.119. The van der Waals surface area contributed by atoms with Crippen LogP contribution in [-0.2, 0) is 4.79 Å². The Hall–Kier alpha value is -1.51. The maximum absolute atomic E-state index is 11.0. The second-order valence-electron chi connectivity index (χ2n) is 4.70. The Morgan fingerprint density at radius 3 is 2.65 bits per heavy atom. The van der Waals surface area contributed by atoms with E-state index in [1.165, 1.54) is 6.92 Å². The first-order chi connectivity index (χ1) is 7.99. The fourth-order valence-corrected chi connectivity index (χ4v) is 1.52. The van der Waals surface area contributed by atoms with Gasteiger partial charge in [-0.3, -0.25) is 4.79 Å². The molecule has 1 unspecified atom stereocenters. The van der Waals surface area contributed by atoms with Crippen LogP contribution in [-0.4, -0.2) is 12.5 Å². The molecule has 0 aromatic heterocycles. The van der Waals surface area contributed by atoms with E-state index >= 15 is 0 Å². The highest BCUT2D eigenvalue weighted by molar-refractivity contribution is 5.73. The van der Waals surface area contributed by atoms with Gasteiger partial charge in [0.2, 0.25) is 5.91 Å². The summed E-state index contributed by atoms with van der Waals surface area (Å²) in [6.07, 6.45) is 0. The molecule has 1 aromatic carbocycles. The first-order valence-corrected chi connectivity index (χ1v) is 5.99. The Kier molecular flexibility index (Phi) is 5.01. The molecule has 0 radical (unpaired) electrons. The highest BCUT2D eigenvalue weighted by atomic mass is 16.5. The smallest absolute Gasteiger partial charge is 0.217 e. The monoisotopic (exact) mass is 235 g/mol. The Labute approximate surface area is 103 Å². The van der Waals surface area contributed by atoms with E-state index in [1.54, 1.807) is 0 Å². The minimum Gasteiger partial charge on any atom is -0.493 e. The topological polar surface area (TPSA) is 38.3 Å². The van der Waals surface area contributed by atoms with Crippen LogP contribution in [0, 0.1) is 5.92 Å². The van der Waals surface area contributed by atoms with Crippen LogP contribution in [0.2, 0.25) is 0 Å². The number of rotatable bonds is 5. The zero-order valence-electron chi connectivity index (χ0n) is 11.0. The molecule has 0 aliphatic heterocycles. The molecular formula is C14H21NO2. The van der Waals surface area contributed by atoms with Crippen molar-refractivity contribution in [1.82, 2.24) is 5.32 Å². The van der Waals surface area contributed by atoms with Gasteiger partial charge in [0.05, 0.1) is 12.6 Å². The van der Waals surface area contributed by atoms with Gasteiger partial charge in [0.1, 0.15) is 5.75 Å². The average Bonchev–Trinajstić information content (AvgIpc) is 2.26. The standard InChI is InChI=1S/C14H21NO2/c1-10(2)9-17-14-7-5-6-13(8-14)11(3)15-12(4)16/h5-8,10-11H,9H2,1-4H3,(H,15,16). The molecule has 3 heteroatoms. The van der Waals surface area contributed by atoms with Crippen molar-refractivity contribution in [3.63, 3.8) is 0 Å². The molecule has 17 heavy (non-hydrogen) atoms. The lowest BCUT2D eigenvalue weighted by atomic mass is 10.1. The molecule has 1 amide bonds. The summed E-state index contributed by atoms with van der Waals surface area (Å²) in [5.41, 5.74) is 1.06. The first-order valence-electron chi connectivity index (χ1n) is 5.99. The fourth-order valence-electron chi connectivity index (χ4n) is 1.52. The molecule has 1 rings (SSSR count).